The van der Waals surface area contributed by atoms with E-state index in [2.05, 4.69) is 115 Å². The molecule has 3 fully saturated rings. The second-order valence-corrected chi connectivity index (χ2v) is 13.4. The standard InChI is InChI=1S/C24H36.C11H11NS.C2H4/c1-8-10-19-11-12-20-21-14-16(3)18(5)24(21,7)15-17(4)22(20)23(19,6)13-9-2;1-2-13-11-8-7-9-5-3-4-6-10(9)12-11;1-2/h8-10,13,16,18,20-22H,1,4,11-12,14-15H2,2-3,5-7H3;3-8H,2H2,1H3;1-2H2/b13-9-,19-10-;;/t16-,18?,20?,21?,22?,23?,24?;;/m1../s1. The van der Waals surface area contributed by atoms with Crippen LogP contribution in [0, 0.1) is 40.4 Å². The van der Waals surface area contributed by atoms with E-state index in [1.54, 1.807) is 17.3 Å². The SMILES string of the molecule is C=C.C=C/C=C1/CCC2C(C(=C)CC3(C)C2C[C@@H](C)C3C)C1(C)/C=C\C.CCSc1ccc2ccccc2n1. The maximum Gasteiger partial charge on any atom is 0.0967 e. The normalized spacial score (nSPS) is 34.5. The van der Waals surface area contributed by atoms with E-state index in [-0.39, 0.29) is 5.41 Å². The summed E-state index contributed by atoms with van der Waals surface area (Å²) in [5, 5.41) is 2.32. The Morgan fingerprint density at radius 2 is 1.82 bits per heavy atom. The predicted octanol–water partition coefficient (Wildman–Crippen LogP) is 11.1. The molecular formula is C37H51NS. The highest BCUT2D eigenvalue weighted by atomic mass is 32.2. The first-order chi connectivity index (χ1) is 18.7. The molecule has 2 aromatic rings. The van der Waals surface area contributed by atoms with Crippen molar-refractivity contribution in [3.05, 3.63) is 98.2 Å². The monoisotopic (exact) mass is 541 g/mol. The van der Waals surface area contributed by atoms with Gasteiger partial charge in [0.1, 0.15) is 0 Å². The van der Waals surface area contributed by atoms with Crippen LogP contribution in [0.4, 0.5) is 0 Å². The molecule has 3 aliphatic rings. The molecule has 0 spiro atoms. The van der Waals surface area contributed by atoms with Crippen LogP contribution >= 0.6 is 11.8 Å². The number of hydrogen-bond acceptors (Lipinski definition) is 2. The molecule has 6 unspecified atom stereocenters. The number of benzene rings is 1. The highest BCUT2D eigenvalue weighted by molar-refractivity contribution is 7.99. The minimum Gasteiger partial charge on any atom is -0.241 e. The smallest absolute Gasteiger partial charge is 0.0967 e. The molecule has 1 aromatic heterocycles. The maximum absolute atomic E-state index is 4.65. The van der Waals surface area contributed by atoms with Gasteiger partial charge in [0.25, 0.3) is 0 Å². The van der Waals surface area contributed by atoms with Gasteiger partial charge in [0.15, 0.2) is 0 Å². The first kappa shape index (κ1) is 31.2. The Morgan fingerprint density at radius 3 is 2.49 bits per heavy atom. The summed E-state index contributed by atoms with van der Waals surface area (Å²) in [5.74, 6) is 5.01. The molecule has 0 amide bonds. The topological polar surface area (TPSA) is 12.9 Å². The van der Waals surface area contributed by atoms with Crippen LogP contribution in [0.25, 0.3) is 10.9 Å². The predicted molar refractivity (Wildman–Crippen MR) is 175 cm³/mol. The van der Waals surface area contributed by atoms with Crippen molar-refractivity contribution in [1.82, 2.24) is 4.98 Å². The Bertz CT molecular complexity index is 1210. The highest BCUT2D eigenvalue weighted by Gasteiger charge is 2.59. The van der Waals surface area contributed by atoms with Gasteiger partial charge in [0.2, 0.25) is 0 Å². The molecular weight excluding hydrogens is 490 g/mol. The van der Waals surface area contributed by atoms with Crippen molar-refractivity contribution < 1.29 is 0 Å². The molecule has 0 radical (unpaired) electrons. The molecule has 7 atom stereocenters. The van der Waals surface area contributed by atoms with Crippen LogP contribution in [0.2, 0.25) is 0 Å². The Morgan fingerprint density at radius 1 is 1.10 bits per heavy atom. The zero-order valence-electron chi connectivity index (χ0n) is 25.4. The Kier molecular flexibility index (Phi) is 10.7. The third-order valence-corrected chi connectivity index (χ3v) is 11.0. The van der Waals surface area contributed by atoms with Gasteiger partial charge < -0.3 is 0 Å². The number of nitrogens with zero attached hydrogens (tertiary/aromatic N) is 1. The molecule has 1 aromatic carbocycles. The van der Waals surface area contributed by atoms with Crippen molar-refractivity contribution in [2.45, 2.75) is 72.3 Å². The molecule has 3 aliphatic carbocycles. The summed E-state index contributed by atoms with van der Waals surface area (Å²) < 4.78 is 0. The summed E-state index contributed by atoms with van der Waals surface area (Å²) in [4.78, 5) is 4.53. The maximum atomic E-state index is 4.65. The summed E-state index contributed by atoms with van der Waals surface area (Å²) in [6, 6.07) is 12.4. The number of para-hydroxylation sites is 1. The van der Waals surface area contributed by atoms with Crippen LogP contribution in [0.3, 0.4) is 0 Å². The fraction of sp³-hybridized carbons (Fsp3) is 0.486. The fourth-order valence-electron chi connectivity index (χ4n) is 8.22. The summed E-state index contributed by atoms with van der Waals surface area (Å²) >= 11 is 1.78. The van der Waals surface area contributed by atoms with E-state index in [1.807, 2.05) is 18.2 Å². The van der Waals surface area contributed by atoms with Gasteiger partial charge in [0, 0.05) is 10.8 Å². The minimum absolute atomic E-state index is 0.124. The lowest BCUT2D eigenvalue weighted by Gasteiger charge is -2.57. The third-order valence-electron chi connectivity index (χ3n) is 10.1. The molecule has 39 heavy (non-hydrogen) atoms. The van der Waals surface area contributed by atoms with Gasteiger partial charge >= 0.3 is 0 Å². The Labute approximate surface area is 243 Å². The second-order valence-electron chi connectivity index (χ2n) is 12.1. The Hall–Kier alpha value is -2.32. The van der Waals surface area contributed by atoms with Crippen molar-refractivity contribution in [2.24, 2.45) is 40.4 Å². The van der Waals surface area contributed by atoms with Crippen LogP contribution in [0.5, 0.6) is 0 Å². The highest BCUT2D eigenvalue weighted by Crippen LogP contribution is 2.67. The van der Waals surface area contributed by atoms with Gasteiger partial charge in [-0.15, -0.1) is 24.9 Å². The molecule has 3 saturated carbocycles. The molecule has 1 nitrogen and oxygen atoms in total. The van der Waals surface area contributed by atoms with Crippen LogP contribution in [0.1, 0.15) is 67.2 Å². The number of fused-ring (bicyclic) bond motifs is 4. The fourth-order valence-corrected chi connectivity index (χ4v) is 8.84. The van der Waals surface area contributed by atoms with Crippen LogP contribution in [-0.2, 0) is 0 Å². The number of rotatable bonds is 4. The molecule has 1 heterocycles. The molecule has 5 rings (SSSR count). The van der Waals surface area contributed by atoms with Gasteiger partial charge in [-0.3, -0.25) is 0 Å². The molecule has 0 saturated heterocycles. The van der Waals surface area contributed by atoms with E-state index in [9.17, 15) is 0 Å². The summed E-state index contributed by atoms with van der Waals surface area (Å²) in [6.07, 6.45) is 14.1. The molecule has 0 bridgehead atoms. The number of thioether (sulfide) groups is 1. The van der Waals surface area contributed by atoms with E-state index in [4.69, 9.17) is 0 Å². The van der Waals surface area contributed by atoms with Crippen molar-refractivity contribution >= 4 is 22.7 Å². The van der Waals surface area contributed by atoms with E-state index in [0.717, 1.165) is 40.0 Å². The molecule has 2 heteroatoms. The summed E-state index contributed by atoms with van der Waals surface area (Å²) in [6.45, 7) is 28.9. The quantitative estimate of drug-likeness (QED) is 0.282. The summed E-state index contributed by atoms with van der Waals surface area (Å²) in [5.41, 5.74) is 4.74. The van der Waals surface area contributed by atoms with Gasteiger partial charge in [-0.1, -0.05) is 107 Å². The summed E-state index contributed by atoms with van der Waals surface area (Å²) in [7, 11) is 0. The number of aromatic nitrogens is 1. The average molecular weight is 542 g/mol. The minimum atomic E-state index is 0.124. The van der Waals surface area contributed by atoms with Crippen molar-refractivity contribution in [3.63, 3.8) is 0 Å². The van der Waals surface area contributed by atoms with Crippen molar-refractivity contribution in [1.29, 1.82) is 0 Å². The zero-order chi connectivity index (χ0) is 28.8. The van der Waals surface area contributed by atoms with Gasteiger partial charge in [-0.05, 0) is 85.5 Å². The van der Waals surface area contributed by atoms with Gasteiger partial charge in [-0.2, -0.15) is 0 Å². The van der Waals surface area contributed by atoms with Crippen LogP contribution in [-0.4, -0.2) is 10.7 Å². The van der Waals surface area contributed by atoms with Gasteiger partial charge in [-0.25, -0.2) is 4.98 Å². The van der Waals surface area contributed by atoms with Crippen molar-refractivity contribution in [3.8, 4) is 0 Å². The first-order valence-corrected chi connectivity index (χ1v) is 15.8. The van der Waals surface area contributed by atoms with Crippen LogP contribution < -0.4 is 0 Å². The zero-order valence-corrected chi connectivity index (χ0v) is 26.2. The lowest BCUT2D eigenvalue weighted by atomic mass is 9.47. The van der Waals surface area contributed by atoms with Crippen molar-refractivity contribution in [2.75, 3.05) is 5.75 Å². The largest absolute Gasteiger partial charge is 0.241 e. The molecule has 0 aliphatic heterocycles. The number of allylic oxidation sites excluding steroid dienone is 6. The number of hydrogen-bond donors (Lipinski definition) is 0. The van der Waals surface area contributed by atoms with Gasteiger partial charge in [0.05, 0.1) is 10.5 Å². The third kappa shape index (κ3) is 6.07. The molecule has 0 N–H and O–H groups in total. The average Bonchev–Trinajstić information content (AvgIpc) is 3.15. The van der Waals surface area contributed by atoms with E-state index >= 15 is 0 Å². The Balaban J connectivity index is 0.000000236. The van der Waals surface area contributed by atoms with E-state index in [1.165, 1.54) is 36.6 Å². The number of pyridine rings is 1. The lowest BCUT2D eigenvalue weighted by molar-refractivity contribution is 0.00725. The second kappa shape index (κ2) is 13.4. The van der Waals surface area contributed by atoms with E-state index in [0.29, 0.717) is 11.3 Å². The lowest BCUT2D eigenvalue weighted by Crippen LogP contribution is -2.49. The van der Waals surface area contributed by atoms with E-state index < -0.39 is 0 Å². The van der Waals surface area contributed by atoms with Crippen LogP contribution in [0.15, 0.2) is 103 Å². The first-order valence-electron chi connectivity index (χ1n) is 14.8. The molecule has 210 valence electrons.